The largest absolute Gasteiger partial charge is 0.348 e. The van der Waals surface area contributed by atoms with Crippen molar-refractivity contribution in [1.29, 1.82) is 0 Å². The van der Waals surface area contributed by atoms with Crippen molar-refractivity contribution in [2.24, 2.45) is 5.41 Å². The van der Waals surface area contributed by atoms with Gasteiger partial charge in [0.2, 0.25) is 5.91 Å². The molecular formula is C7H15NO. The maximum absolute atomic E-state index is 11.4. The zero-order chi connectivity index (χ0) is 10.2. The lowest BCUT2D eigenvalue weighted by molar-refractivity contribution is -0.136. The lowest BCUT2D eigenvalue weighted by Gasteiger charge is -2.21. The molecule has 0 N–H and O–H groups in total. The lowest BCUT2D eigenvalue weighted by atomic mass is 9.95. The Hall–Kier alpha value is -0.530. The average Bonchev–Trinajstić information content (AvgIpc) is 1.80. The first-order valence-electron chi connectivity index (χ1n) is 4.35. The zero-order valence-corrected chi connectivity index (χ0v) is 6.36. The minimum Gasteiger partial charge on any atom is -0.348 e. The molecule has 54 valence electrons. The van der Waals surface area contributed by atoms with Gasteiger partial charge in [-0.2, -0.15) is 0 Å². The highest BCUT2D eigenvalue weighted by atomic mass is 16.2. The van der Waals surface area contributed by atoms with Crippen molar-refractivity contribution in [2.75, 3.05) is 14.0 Å². The van der Waals surface area contributed by atoms with Crippen LogP contribution >= 0.6 is 0 Å². The summed E-state index contributed by atoms with van der Waals surface area (Å²) in [7, 11) is 1.29. The fourth-order valence-corrected chi connectivity index (χ4v) is 0.503. The third-order valence-corrected chi connectivity index (χ3v) is 0.946. The molecule has 0 aromatic carbocycles. The molecule has 0 aromatic rings. The number of hydrogen-bond donors (Lipinski definition) is 0. The summed E-state index contributed by atoms with van der Waals surface area (Å²) in [6, 6.07) is 0. The van der Waals surface area contributed by atoms with Crippen LogP contribution in [0.25, 0.3) is 0 Å². The first-order valence-corrected chi connectivity index (χ1v) is 2.85. The Kier molecular flexibility index (Phi) is 1.14. The van der Waals surface area contributed by atoms with Gasteiger partial charge in [-0.15, -0.1) is 0 Å². The van der Waals surface area contributed by atoms with E-state index in [9.17, 15) is 4.79 Å². The molecule has 0 radical (unpaired) electrons. The Labute approximate surface area is 61.1 Å². The molecule has 0 spiro atoms. The molecule has 9 heavy (non-hydrogen) atoms. The Morgan fingerprint density at radius 1 is 1.56 bits per heavy atom. The minimum absolute atomic E-state index is 0.373. The topological polar surface area (TPSA) is 20.3 Å². The zero-order valence-electron chi connectivity index (χ0n) is 9.36. The van der Waals surface area contributed by atoms with Crippen molar-refractivity contribution in [3.63, 3.8) is 0 Å². The van der Waals surface area contributed by atoms with Gasteiger partial charge >= 0.3 is 0 Å². The molecule has 0 unspecified atom stereocenters. The smallest absolute Gasteiger partial charge is 0.227 e. The highest BCUT2D eigenvalue weighted by Gasteiger charge is 2.22. The van der Waals surface area contributed by atoms with Crippen LogP contribution in [0.2, 0.25) is 0 Å². The molecule has 0 aliphatic heterocycles. The van der Waals surface area contributed by atoms with Gasteiger partial charge in [-0.1, -0.05) is 20.8 Å². The van der Waals surface area contributed by atoms with E-state index in [1.54, 1.807) is 20.8 Å². The van der Waals surface area contributed by atoms with Gasteiger partial charge in [0.25, 0.3) is 0 Å². The third kappa shape index (κ3) is 2.49. The Bertz CT molecular complexity index is 180. The van der Waals surface area contributed by atoms with Crippen LogP contribution in [-0.2, 0) is 4.79 Å². The SMILES string of the molecule is [2H]C([2H])([2H])N(C)C(=O)C(C)(C)C. The van der Waals surface area contributed by atoms with Gasteiger partial charge in [-0.05, 0) is 0 Å². The number of amides is 1. The predicted molar refractivity (Wildman–Crippen MR) is 38.1 cm³/mol. The second-order valence-corrected chi connectivity index (χ2v) is 3.11. The quantitative estimate of drug-likeness (QED) is 0.483. The summed E-state index contributed by atoms with van der Waals surface area (Å²) in [4.78, 5) is 12.2. The molecule has 0 aliphatic carbocycles. The van der Waals surface area contributed by atoms with Crippen molar-refractivity contribution in [1.82, 2.24) is 4.90 Å². The Morgan fingerprint density at radius 2 is 2.00 bits per heavy atom. The maximum atomic E-state index is 11.4. The van der Waals surface area contributed by atoms with E-state index < -0.39 is 12.4 Å². The minimum atomic E-state index is -2.33. The monoisotopic (exact) mass is 132 g/mol. The molecule has 2 nitrogen and oxygen atoms in total. The number of carbonyl (C=O) groups is 1. The number of carbonyl (C=O) groups excluding carboxylic acids is 1. The Balaban J connectivity index is 4.53. The van der Waals surface area contributed by atoms with Crippen LogP contribution in [0.4, 0.5) is 0 Å². The van der Waals surface area contributed by atoms with E-state index in [1.165, 1.54) is 7.05 Å². The standard InChI is InChI=1S/C7H15NO/c1-7(2,3)6(9)8(4)5/h1-5H3/i4D3. The highest BCUT2D eigenvalue weighted by molar-refractivity contribution is 5.80. The molecule has 0 rings (SSSR count). The van der Waals surface area contributed by atoms with Crippen LogP contribution in [0.3, 0.4) is 0 Å². The normalized spacial score (nSPS) is 17.6. The maximum Gasteiger partial charge on any atom is 0.227 e. The summed E-state index contributed by atoms with van der Waals surface area (Å²) in [5.74, 6) is -0.373. The van der Waals surface area contributed by atoms with Crippen molar-refractivity contribution < 1.29 is 8.91 Å². The van der Waals surface area contributed by atoms with Gasteiger partial charge in [-0.25, -0.2) is 0 Å². The molecule has 0 saturated carbocycles. The highest BCUT2D eigenvalue weighted by Crippen LogP contribution is 2.14. The van der Waals surface area contributed by atoms with Crippen LogP contribution in [0, 0.1) is 5.41 Å². The summed E-state index contributed by atoms with van der Waals surface area (Å²) >= 11 is 0. The molecule has 2 heteroatoms. The molecule has 0 atom stereocenters. The molecule has 0 saturated heterocycles. The molecule has 1 amide bonds. The van der Waals surface area contributed by atoms with Crippen molar-refractivity contribution in [3.05, 3.63) is 0 Å². The van der Waals surface area contributed by atoms with Gasteiger partial charge in [-0.3, -0.25) is 4.79 Å². The fraction of sp³-hybridized carbons (Fsp3) is 0.857. The van der Waals surface area contributed by atoms with Gasteiger partial charge in [0.1, 0.15) is 0 Å². The first kappa shape index (κ1) is 4.31. The molecule has 0 aliphatic rings. The van der Waals surface area contributed by atoms with E-state index in [0.717, 1.165) is 4.90 Å². The summed E-state index contributed by atoms with van der Waals surface area (Å²) in [6.07, 6.45) is 0. The van der Waals surface area contributed by atoms with Crippen LogP contribution < -0.4 is 0 Å². The summed E-state index contributed by atoms with van der Waals surface area (Å²) in [5, 5.41) is 0. The molecular weight excluding hydrogens is 114 g/mol. The predicted octanol–water partition coefficient (Wildman–Crippen LogP) is 1.12. The molecule has 0 aromatic heterocycles. The Morgan fingerprint density at radius 3 is 2.11 bits per heavy atom. The lowest BCUT2D eigenvalue weighted by Crippen LogP contribution is -2.33. The molecule has 0 heterocycles. The second-order valence-electron chi connectivity index (χ2n) is 3.11. The summed E-state index contributed by atoms with van der Waals surface area (Å²) < 4.78 is 21.0. The summed E-state index contributed by atoms with van der Waals surface area (Å²) in [5.41, 5.74) is -0.636. The second kappa shape index (κ2) is 2.38. The van der Waals surface area contributed by atoms with Crippen molar-refractivity contribution >= 4 is 5.91 Å². The first-order chi connectivity index (χ1) is 5.07. The van der Waals surface area contributed by atoms with E-state index in [2.05, 4.69) is 0 Å². The molecule has 0 fully saturated rings. The number of hydrogen-bond acceptors (Lipinski definition) is 1. The third-order valence-electron chi connectivity index (χ3n) is 0.946. The number of rotatable bonds is 0. The van der Waals surface area contributed by atoms with Crippen molar-refractivity contribution in [3.8, 4) is 0 Å². The summed E-state index contributed by atoms with van der Waals surface area (Å²) in [6.45, 7) is 2.75. The van der Waals surface area contributed by atoms with E-state index in [1.807, 2.05) is 0 Å². The van der Waals surface area contributed by atoms with E-state index in [4.69, 9.17) is 4.11 Å². The molecule has 0 bridgehead atoms. The average molecular weight is 132 g/mol. The van der Waals surface area contributed by atoms with Gasteiger partial charge in [0.05, 0.1) is 0 Å². The van der Waals surface area contributed by atoms with Gasteiger partial charge in [0, 0.05) is 23.6 Å². The number of nitrogens with zero attached hydrogens (tertiary/aromatic N) is 1. The van der Waals surface area contributed by atoms with Crippen LogP contribution in [-0.4, -0.2) is 24.8 Å². The van der Waals surface area contributed by atoms with E-state index >= 15 is 0 Å². The van der Waals surface area contributed by atoms with Crippen molar-refractivity contribution in [2.45, 2.75) is 20.8 Å². The van der Waals surface area contributed by atoms with Crippen LogP contribution in [0.15, 0.2) is 0 Å². The van der Waals surface area contributed by atoms with E-state index in [0.29, 0.717) is 0 Å². The van der Waals surface area contributed by atoms with E-state index in [-0.39, 0.29) is 5.91 Å². The van der Waals surface area contributed by atoms with Gasteiger partial charge < -0.3 is 4.90 Å². The van der Waals surface area contributed by atoms with Gasteiger partial charge in [0.15, 0.2) is 0 Å². The van der Waals surface area contributed by atoms with Crippen LogP contribution in [0.1, 0.15) is 24.9 Å². The fourth-order valence-electron chi connectivity index (χ4n) is 0.503. The van der Waals surface area contributed by atoms with Crippen LogP contribution in [0.5, 0.6) is 0 Å².